The predicted octanol–water partition coefficient (Wildman–Crippen LogP) is 2.43. The molecule has 0 bridgehead atoms. The molecule has 0 aliphatic carbocycles. The Kier molecular flexibility index (Phi) is 5.32. The van der Waals surface area contributed by atoms with Crippen LogP contribution in [0.25, 0.3) is 0 Å². The van der Waals surface area contributed by atoms with Crippen molar-refractivity contribution < 1.29 is 4.79 Å². The van der Waals surface area contributed by atoms with E-state index in [4.69, 9.17) is 0 Å². The number of benzene rings is 1. The van der Waals surface area contributed by atoms with Crippen LogP contribution in [0.5, 0.6) is 0 Å². The van der Waals surface area contributed by atoms with Crippen molar-refractivity contribution in [3.8, 4) is 0 Å². The van der Waals surface area contributed by atoms with E-state index in [2.05, 4.69) is 12.2 Å². The van der Waals surface area contributed by atoms with Crippen LogP contribution in [0, 0.1) is 0 Å². The molecule has 110 valence electrons. The lowest BCUT2D eigenvalue weighted by atomic mass is 10.2. The maximum absolute atomic E-state index is 12.3. The van der Waals surface area contributed by atoms with E-state index in [1.807, 2.05) is 30.3 Å². The molecule has 1 N–H and O–H groups in total. The van der Waals surface area contributed by atoms with Gasteiger partial charge in [-0.2, -0.15) is 0 Å². The Morgan fingerprint density at radius 2 is 1.90 bits per heavy atom. The van der Waals surface area contributed by atoms with Crippen LogP contribution in [0.3, 0.4) is 0 Å². The van der Waals surface area contributed by atoms with Crippen molar-refractivity contribution in [2.24, 2.45) is 0 Å². The fraction of sp³-hybridized carbons (Fsp3) is 0.294. The van der Waals surface area contributed by atoms with E-state index in [0.29, 0.717) is 13.1 Å². The number of nitrogens with one attached hydrogen (secondary N) is 1. The number of unbranched alkanes of at least 4 members (excludes halogenated alkanes) is 1. The Bertz CT molecular complexity index is 647. The molecule has 0 aliphatic heterocycles. The first kappa shape index (κ1) is 15.0. The average molecular weight is 284 g/mol. The van der Waals surface area contributed by atoms with Crippen molar-refractivity contribution >= 4 is 5.91 Å². The van der Waals surface area contributed by atoms with Gasteiger partial charge < -0.3 is 9.88 Å². The van der Waals surface area contributed by atoms with Gasteiger partial charge >= 0.3 is 0 Å². The van der Waals surface area contributed by atoms with Gasteiger partial charge in [0.1, 0.15) is 5.56 Å². The Balaban J connectivity index is 2.16. The van der Waals surface area contributed by atoms with Crippen molar-refractivity contribution in [2.45, 2.75) is 26.3 Å². The summed E-state index contributed by atoms with van der Waals surface area (Å²) in [5.74, 6) is -0.295. The molecule has 0 atom stereocenters. The van der Waals surface area contributed by atoms with Gasteiger partial charge in [-0.1, -0.05) is 43.7 Å². The summed E-state index contributed by atoms with van der Waals surface area (Å²) in [6.07, 6.45) is 3.63. The molecule has 0 spiro atoms. The van der Waals surface area contributed by atoms with E-state index in [9.17, 15) is 9.59 Å². The number of carbonyl (C=O) groups excluding carboxylic acids is 1. The zero-order valence-electron chi connectivity index (χ0n) is 12.2. The van der Waals surface area contributed by atoms with Gasteiger partial charge in [0.25, 0.3) is 11.5 Å². The number of aromatic nitrogens is 1. The van der Waals surface area contributed by atoms with Crippen LogP contribution in [-0.4, -0.2) is 17.0 Å². The van der Waals surface area contributed by atoms with Crippen molar-refractivity contribution in [1.29, 1.82) is 0 Å². The van der Waals surface area contributed by atoms with E-state index in [-0.39, 0.29) is 17.0 Å². The Hall–Kier alpha value is -2.36. The number of hydrogen-bond acceptors (Lipinski definition) is 2. The summed E-state index contributed by atoms with van der Waals surface area (Å²) < 4.78 is 1.56. The molecule has 4 heteroatoms. The zero-order valence-corrected chi connectivity index (χ0v) is 12.2. The highest BCUT2D eigenvalue weighted by atomic mass is 16.2. The predicted molar refractivity (Wildman–Crippen MR) is 83.5 cm³/mol. The lowest BCUT2D eigenvalue weighted by Crippen LogP contribution is -2.33. The summed E-state index contributed by atoms with van der Waals surface area (Å²) in [6.45, 7) is 3.12. The summed E-state index contributed by atoms with van der Waals surface area (Å²) in [5.41, 5.74) is 0.975. The van der Waals surface area contributed by atoms with Crippen LogP contribution in [-0.2, 0) is 6.54 Å². The highest BCUT2D eigenvalue weighted by molar-refractivity contribution is 5.93. The number of nitrogens with zero attached hydrogens (tertiary/aromatic N) is 1. The fourth-order valence-corrected chi connectivity index (χ4v) is 2.09. The minimum absolute atomic E-state index is 0.199. The molecule has 2 aromatic rings. The van der Waals surface area contributed by atoms with Crippen LogP contribution in [0.15, 0.2) is 53.5 Å². The molecule has 0 radical (unpaired) electrons. The number of hydrogen-bond donors (Lipinski definition) is 1. The summed E-state index contributed by atoms with van der Waals surface area (Å²) >= 11 is 0. The molecular weight excluding hydrogens is 264 g/mol. The van der Waals surface area contributed by atoms with Crippen molar-refractivity contribution in [2.75, 3.05) is 6.54 Å². The Labute approximate surface area is 124 Å². The monoisotopic (exact) mass is 284 g/mol. The van der Waals surface area contributed by atoms with Crippen molar-refractivity contribution in [3.63, 3.8) is 0 Å². The molecule has 21 heavy (non-hydrogen) atoms. The summed E-state index contributed by atoms with van der Waals surface area (Å²) in [5, 5.41) is 2.78. The lowest BCUT2D eigenvalue weighted by Gasteiger charge is -2.08. The zero-order chi connectivity index (χ0) is 15.1. The van der Waals surface area contributed by atoms with E-state index in [0.717, 1.165) is 18.4 Å². The third-order valence-electron chi connectivity index (χ3n) is 3.28. The van der Waals surface area contributed by atoms with E-state index < -0.39 is 0 Å². The van der Waals surface area contributed by atoms with Crippen LogP contribution in [0.1, 0.15) is 35.7 Å². The molecule has 0 fully saturated rings. The molecule has 4 nitrogen and oxygen atoms in total. The highest BCUT2D eigenvalue weighted by Crippen LogP contribution is 2.01. The average Bonchev–Trinajstić information content (AvgIpc) is 2.50. The SMILES string of the molecule is CCCCNC(=O)c1cccn(Cc2ccccc2)c1=O. The smallest absolute Gasteiger partial charge is 0.263 e. The standard InChI is InChI=1S/C17H20N2O2/c1-2-3-11-18-16(20)15-10-7-12-19(17(15)21)13-14-8-5-4-6-9-14/h4-10,12H,2-3,11,13H2,1H3,(H,18,20). The third kappa shape index (κ3) is 4.05. The molecule has 0 saturated carbocycles. The topological polar surface area (TPSA) is 51.1 Å². The normalized spacial score (nSPS) is 10.3. The van der Waals surface area contributed by atoms with E-state index >= 15 is 0 Å². The minimum atomic E-state index is -0.295. The van der Waals surface area contributed by atoms with Gasteiger partial charge in [-0.25, -0.2) is 0 Å². The molecule has 1 heterocycles. The van der Waals surface area contributed by atoms with Gasteiger partial charge in [-0.05, 0) is 24.1 Å². The quantitative estimate of drug-likeness (QED) is 0.828. The lowest BCUT2D eigenvalue weighted by molar-refractivity contribution is 0.0951. The van der Waals surface area contributed by atoms with E-state index in [1.165, 1.54) is 0 Å². The first-order valence-electron chi connectivity index (χ1n) is 7.24. The minimum Gasteiger partial charge on any atom is -0.352 e. The summed E-state index contributed by atoms with van der Waals surface area (Å²) in [4.78, 5) is 24.4. The van der Waals surface area contributed by atoms with Crippen molar-refractivity contribution in [1.82, 2.24) is 9.88 Å². The second kappa shape index (κ2) is 7.43. The Morgan fingerprint density at radius 1 is 1.14 bits per heavy atom. The highest BCUT2D eigenvalue weighted by Gasteiger charge is 2.11. The molecule has 1 aromatic carbocycles. The number of rotatable bonds is 6. The van der Waals surface area contributed by atoms with Gasteiger partial charge in [-0.3, -0.25) is 9.59 Å². The molecule has 1 amide bonds. The number of pyridine rings is 1. The number of amides is 1. The third-order valence-corrected chi connectivity index (χ3v) is 3.28. The largest absolute Gasteiger partial charge is 0.352 e. The maximum Gasteiger partial charge on any atom is 0.263 e. The Morgan fingerprint density at radius 3 is 2.62 bits per heavy atom. The summed E-state index contributed by atoms with van der Waals surface area (Å²) in [6, 6.07) is 13.0. The second-order valence-corrected chi connectivity index (χ2v) is 4.95. The van der Waals surface area contributed by atoms with Gasteiger partial charge in [0, 0.05) is 12.7 Å². The van der Waals surface area contributed by atoms with Crippen LogP contribution < -0.4 is 10.9 Å². The second-order valence-electron chi connectivity index (χ2n) is 4.95. The van der Waals surface area contributed by atoms with Crippen molar-refractivity contribution in [3.05, 3.63) is 70.1 Å². The van der Waals surface area contributed by atoms with Crippen LogP contribution >= 0.6 is 0 Å². The first-order chi connectivity index (χ1) is 10.2. The number of carbonyl (C=O) groups is 1. The van der Waals surface area contributed by atoms with Gasteiger partial charge in [0.05, 0.1) is 6.54 Å². The molecule has 2 rings (SSSR count). The fourth-order valence-electron chi connectivity index (χ4n) is 2.09. The molecule has 1 aromatic heterocycles. The molecule has 0 aliphatic rings. The van der Waals surface area contributed by atoms with Gasteiger partial charge in [-0.15, -0.1) is 0 Å². The van der Waals surface area contributed by atoms with Gasteiger partial charge in [0.2, 0.25) is 0 Å². The molecular formula is C17H20N2O2. The maximum atomic E-state index is 12.3. The van der Waals surface area contributed by atoms with Crippen LogP contribution in [0.4, 0.5) is 0 Å². The molecule has 0 unspecified atom stereocenters. The van der Waals surface area contributed by atoms with Gasteiger partial charge in [0.15, 0.2) is 0 Å². The summed E-state index contributed by atoms with van der Waals surface area (Å²) in [7, 11) is 0. The van der Waals surface area contributed by atoms with Crippen LogP contribution in [0.2, 0.25) is 0 Å². The van der Waals surface area contributed by atoms with E-state index in [1.54, 1.807) is 22.9 Å². The first-order valence-corrected chi connectivity index (χ1v) is 7.24. The molecule has 0 saturated heterocycles.